The maximum Gasteiger partial charge on any atom is 0.278 e. The SMILES string of the molecule is C=CCn1c(=O)c2cnc(Nc3ccc(C(C)=O)cc3)nc2n1-c1cccc(CN(C)C)n1. The van der Waals surface area contributed by atoms with Crippen molar-refractivity contribution in [3.63, 3.8) is 0 Å². The Bertz CT molecular complexity index is 1380. The van der Waals surface area contributed by atoms with E-state index in [9.17, 15) is 9.59 Å². The van der Waals surface area contributed by atoms with Crippen molar-refractivity contribution in [1.29, 1.82) is 0 Å². The van der Waals surface area contributed by atoms with E-state index in [0.717, 1.165) is 11.4 Å². The highest BCUT2D eigenvalue weighted by molar-refractivity contribution is 5.94. The van der Waals surface area contributed by atoms with Crippen molar-refractivity contribution in [1.82, 2.24) is 29.2 Å². The summed E-state index contributed by atoms with van der Waals surface area (Å²) in [6.45, 7) is 6.26. The molecular weight excluding hydrogens is 418 g/mol. The molecule has 0 saturated carbocycles. The highest BCUT2D eigenvalue weighted by Crippen LogP contribution is 2.19. The van der Waals surface area contributed by atoms with Crippen LogP contribution in [0.4, 0.5) is 11.6 Å². The number of carbonyl (C=O) groups excluding carboxylic acids is 1. The number of anilines is 2. The third kappa shape index (κ3) is 4.58. The van der Waals surface area contributed by atoms with Gasteiger partial charge in [0, 0.05) is 24.0 Å². The Balaban J connectivity index is 1.81. The molecule has 168 valence electrons. The van der Waals surface area contributed by atoms with Gasteiger partial charge in [0.1, 0.15) is 5.39 Å². The summed E-state index contributed by atoms with van der Waals surface area (Å²) in [6, 6.07) is 12.7. The zero-order valence-corrected chi connectivity index (χ0v) is 18.8. The molecule has 0 saturated heterocycles. The summed E-state index contributed by atoms with van der Waals surface area (Å²) in [5.41, 5.74) is 2.44. The van der Waals surface area contributed by atoms with Gasteiger partial charge in [-0.25, -0.2) is 19.3 Å². The number of hydrogen-bond donors (Lipinski definition) is 1. The van der Waals surface area contributed by atoms with Gasteiger partial charge in [-0.1, -0.05) is 12.1 Å². The van der Waals surface area contributed by atoms with Crippen LogP contribution >= 0.6 is 0 Å². The van der Waals surface area contributed by atoms with Gasteiger partial charge >= 0.3 is 0 Å². The maximum atomic E-state index is 13.1. The number of Topliss-reactive ketones (excluding diaryl/α,β-unsaturated/α-hetero) is 1. The molecule has 0 fully saturated rings. The van der Waals surface area contributed by atoms with Crippen LogP contribution in [0.3, 0.4) is 0 Å². The molecule has 3 heterocycles. The van der Waals surface area contributed by atoms with E-state index >= 15 is 0 Å². The summed E-state index contributed by atoms with van der Waals surface area (Å²) < 4.78 is 3.24. The number of rotatable bonds is 8. The molecule has 9 heteroatoms. The van der Waals surface area contributed by atoms with Crippen molar-refractivity contribution in [2.24, 2.45) is 0 Å². The fraction of sp³-hybridized carbons (Fsp3) is 0.208. The molecule has 1 aromatic carbocycles. The number of allylic oxidation sites excluding steroid dienone is 1. The number of benzene rings is 1. The molecule has 9 nitrogen and oxygen atoms in total. The quantitative estimate of drug-likeness (QED) is 0.330. The van der Waals surface area contributed by atoms with Gasteiger partial charge in [-0.3, -0.25) is 9.59 Å². The molecule has 0 bridgehead atoms. The molecule has 0 aliphatic carbocycles. The first-order valence-electron chi connectivity index (χ1n) is 10.5. The summed E-state index contributed by atoms with van der Waals surface area (Å²) in [5.74, 6) is 0.904. The second kappa shape index (κ2) is 9.17. The Kier molecular flexibility index (Phi) is 6.14. The molecule has 4 aromatic rings. The molecule has 0 unspecified atom stereocenters. The highest BCUT2D eigenvalue weighted by atomic mass is 16.1. The zero-order chi connectivity index (χ0) is 23.5. The molecular formula is C24H25N7O2. The van der Waals surface area contributed by atoms with E-state index in [2.05, 4.69) is 21.9 Å². The predicted molar refractivity (Wildman–Crippen MR) is 128 cm³/mol. The Morgan fingerprint density at radius 1 is 1.15 bits per heavy atom. The standard InChI is InChI=1S/C24H25N7O2/c1-5-13-30-23(33)20-14-25-24(27-18-11-9-17(10-12-18)16(2)32)28-22(20)31(30)21-8-6-7-19(26-21)15-29(3)4/h5-12,14H,1,13,15H2,2-4H3,(H,25,27,28). The molecule has 4 rings (SSSR count). The van der Waals surface area contributed by atoms with Crippen molar-refractivity contribution in [2.75, 3.05) is 19.4 Å². The highest BCUT2D eigenvalue weighted by Gasteiger charge is 2.18. The van der Waals surface area contributed by atoms with E-state index in [4.69, 9.17) is 4.98 Å². The number of ketones is 1. The number of hydrogen-bond acceptors (Lipinski definition) is 7. The minimum atomic E-state index is -0.220. The van der Waals surface area contributed by atoms with Crippen LogP contribution in [0.25, 0.3) is 16.9 Å². The van der Waals surface area contributed by atoms with Crippen LogP contribution in [0.5, 0.6) is 0 Å². The van der Waals surface area contributed by atoms with Crippen LogP contribution in [0.2, 0.25) is 0 Å². The minimum Gasteiger partial charge on any atom is -0.324 e. The molecule has 0 atom stereocenters. The Morgan fingerprint density at radius 2 is 1.91 bits per heavy atom. The van der Waals surface area contributed by atoms with Crippen LogP contribution < -0.4 is 10.9 Å². The number of pyridine rings is 1. The van der Waals surface area contributed by atoms with Gasteiger partial charge < -0.3 is 10.2 Å². The van der Waals surface area contributed by atoms with E-state index in [1.54, 1.807) is 39.7 Å². The average molecular weight is 444 g/mol. The van der Waals surface area contributed by atoms with Gasteiger partial charge in [0.05, 0.1) is 12.2 Å². The number of carbonyl (C=O) groups is 1. The zero-order valence-electron chi connectivity index (χ0n) is 18.8. The van der Waals surface area contributed by atoms with Crippen molar-refractivity contribution >= 4 is 28.5 Å². The monoisotopic (exact) mass is 443 g/mol. The topological polar surface area (TPSA) is 97.9 Å². The average Bonchev–Trinajstić information content (AvgIpc) is 3.05. The third-order valence-electron chi connectivity index (χ3n) is 5.01. The lowest BCUT2D eigenvalue weighted by molar-refractivity contribution is 0.101. The summed E-state index contributed by atoms with van der Waals surface area (Å²) in [5, 5.41) is 3.52. The number of fused-ring (bicyclic) bond motifs is 1. The summed E-state index contributed by atoms with van der Waals surface area (Å²) in [7, 11) is 3.95. The Hall–Kier alpha value is -4.11. The normalized spacial score (nSPS) is 11.2. The first-order chi connectivity index (χ1) is 15.9. The second-order valence-corrected chi connectivity index (χ2v) is 7.90. The van der Waals surface area contributed by atoms with Gasteiger partial charge in [0.25, 0.3) is 5.56 Å². The van der Waals surface area contributed by atoms with Crippen molar-refractivity contribution < 1.29 is 4.79 Å². The van der Waals surface area contributed by atoms with Crippen molar-refractivity contribution in [3.05, 3.63) is 82.9 Å². The lowest BCUT2D eigenvalue weighted by Crippen LogP contribution is -2.22. The molecule has 0 spiro atoms. The van der Waals surface area contributed by atoms with Crippen LogP contribution in [-0.4, -0.2) is 49.1 Å². The smallest absolute Gasteiger partial charge is 0.278 e. The third-order valence-corrected chi connectivity index (χ3v) is 5.01. The van der Waals surface area contributed by atoms with E-state index in [-0.39, 0.29) is 11.3 Å². The fourth-order valence-electron chi connectivity index (χ4n) is 3.52. The lowest BCUT2D eigenvalue weighted by atomic mass is 10.1. The van der Waals surface area contributed by atoms with E-state index in [1.165, 1.54) is 13.1 Å². The van der Waals surface area contributed by atoms with Gasteiger partial charge in [0.2, 0.25) is 5.95 Å². The molecule has 0 amide bonds. The van der Waals surface area contributed by atoms with Gasteiger partial charge in [-0.2, -0.15) is 4.98 Å². The summed E-state index contributed by atoms with van der Waals surface area (Å²) in [6.07, 6.45) is 3.17. The number of aromatic nitrogens is 5. The van der Waals surface area contributed by atoms with Crippen LogP contribution in [0.15, 0.2) is 66.1 Å². The summed E-state index contributed by atoms with van der Waals surface area (Å²) >= 11 is 0. The Morgan fingerprint density at radius 3 is 2.58 bits per heavy atom. The van der Waals surface area contributed by atoms with Crippen molar-refractivity contribution in [3.8, 4) is 5.82 Å². The summed E-state index contributed by atoms with van der Waals surface area (Å²) in [4.78, 5) is 40.3. The maximum absolute atomic E-state index is 13.1. The van der Waals surface area contributed by atoms with E-state index in [0.29, 0.717) is 41.5 Å². The molecule has 0 radical (unpaired) electrons. The molecule has 3 aromatic heterocycles. The van der Waals surface area contributed by atoms with Gasteiger partial charge in [-0.05, 0) is 57.4 Å². The largest absolute Gasteiger partial charge is 0.324 e. The minimum absolute atomic E-state index is 0.00390. The van der Waals surface area contributed by atoms with Crippen molar-refractivity contribution in [2.45, 2.75) is 20.0 Å². The fourth-order valence-corrected chi connectivity index (χ4v) is 3.52. The first-order valence-corrected chi connectivity index (χ1v) is 10.5. The first kappa shape index (κ1) is 22.1. The number of nitrogens with one attached hydrogen (secondary N) is 1. The molecule has 1 N–H and O–H groups in total. The second-order valence-electron chi connectivity index (χ2n) is 7.90. The van der Waals surface area contributed by atoms with Gasteiger partial charge in [0.15, 0.2) is 17.2 Å². The van der Waals surface area contributed by atoms with E-state index in [1.807, 2.05) is 37.2 Å². The van der Waals surface area contributed by atoms with Crippen LogP contribution in [0, 0.1) is 0 Å². The lowest BCUT2D eigenvalue weighted by Gasteiger charge is -2.13. The van der Waals surface area contributed by atoms with Gasteiger partial charge in [-0.15, -0.1) is 6.58 Å². The van der Waals surface area contributed by atoms with E-state index < -0.39 is 0 Å². The van der Waals surface area contributed by atoms with Crippen LogP contribution in [0.1, 0.15) is 23.0 Å². The molecule has 0 aliphatic rings. The molecule has 33 heavy (non-hydrogen) atoms. The Labute approximate surface area is 191 Å². The molecule has 0 aliphatic heterocycles. The predicted octanol–water partition coefficient (Wildman–Crippen LogP) is 3.17. The number of nitrogens with zero attached hydrogens (tertiary/aromatic N) is 6. The van der Waals surface area contributed by atoms with Crippen LogP contribution in [-0.2, 0) is 13.1 Å².